The van der Waals surface area contributed by atoms with E-state index in [0.29, 0.717) is 29.9 Å². The summed E-state index contributed by atoms with van der Waals surface area (Å²) in [5, 5.41) is 0. The predicted octanol–water partition coefficient (Wildman–Crippen LogP) is 3.22. The van der Waals surface area contributed by atoms with Gasteiger partial charge in [0, 0.05) is 26.2 Å². The second kappa shape index (κ2) is 9.47. The Bertz CT molecular complexity index is 797. The fourth-order valence-electron chi connectivity index (χ4n) is 3.84. The standard InChI is InChI=1S/C22H36N4O2S/c1-5-19(4)10-12-24-14-16-25(17-15-24)22-23-11-13-26(22)29(27,28)21-8-6-20(7-9-21)18(2)3/h6-9,18-19H,5,10-17H2,1-4H3. The molecule has 2 aliphatic rings. The highest BCUT2D eigenvalue weighted by molar-refractivity contribution is 7.89. The van der Waals surface area contributed by atoms with Crippen LogP contribution in [0.5, 0.6) is 0 Å². The Balaban J connectivity index is 1.64. The lowest BCUT2D eigenvalue weighted by molar-refractivity contribution is 0.168. The second-order valence-electron chi connectivity index (χ2n) is 8.61. The monoisotopic (exact) mass is 420 g/mol. The van der Waals surface area contributed by atoms with Gasteiger partial charge in [-0.1, -0.05) is 46.2 Å². The van der Waals surface area contributed by atoms with Crippen molar-refractivity contribution < 1.29 is 8.42 Å². The lowest BCUT2D eigenvalue weighted by Gasteiger charge is -2.38. The van der Waals surface area contributed by atoms with Crippen molar-refractivity contribution in [3.05, 3.63) is 29.8 Å². The van der Waals surface area contributed by atoms with Crippen LogP contribution in [0.15, 0.2) is 34.2 Å². The van der Waals surface area contributed by atoms with Gasteiger partial charge in [0.25, 0.3) is 10.0 Å². The normalized spacial score (nSPS) is 19.7. The minimum Gasteiger partial charge on any atom is -0.339 e. The number of sulfonamides is 1. The van der Waals surface area contributed by atoms with Crippen LogP contribution in [0.2, 0.25) is 0 Å². The van der Waals surface area contributed by atoms with Crippen molar-refractivity contribution in [3.8, 4) is 0 Å². The molecule has 2 aliphatic heterocycles. The average Bonchev–Trinajstić information content (AvgIpc) is 3.23. The van der Waals surface area contributed by atoms with Gasteiger partial charge in [-0.15, -0.1) is 0 Å². The van der Waals surface area contributed by atoms with Crippen molar-refractivity contribution in [2.75, 3.05) is 45.8 Å². The van der Waals surface area contributed by atoms with Crippen LogP contribution in [-0.2, 0) is 10.0 Å². The molecule has 1 atom stereocenters. The van der Waals surface area contributed by atoms with Crippen molar-refractivity contribution in [1.29, 1.82) is 0 Å². The predicted molar refractivity (Wildman–Crippen MR) is 119 cm³/mol. The van der Waals surface area contributed by atoms with E-state index in [4.69, 9.17) is 0 Å². The maximum absolute atomic E-state index is 13.3. The van der Waals surface area contributed by atoms with Gasteiger partial charge in [-0.2, -0.15) is 0 Å². The van der Waals surface area contributed by atoms with E-state index in [9.17, 15) is 8.42 Å². The van der Waals surface area contributed by atoms with Gasteiger partial charge in [-0.25, -0.2) is 12.7 Å². The Morgan fingerprint density at radius 2 is 1.66 bits per heavy atom. The number of piperazine rings is 1. The van der Waals surface area contributed by atoms with Crippen molar-refractivity contribution in [3.63, 3.8) is 0 Å². The molecule has 1 fully saturated rings. The Morgan fingerprint density at radius 3 is 2.24 bits per heavy atom. The van der Waals surface area contributed by atoms with Crippen molar-refractivity contribution in [1.82, 2.24) is 14.1 Å². The first kappa shape index (κ1) is 22.1. The quantitative estimate of drug-likeness (QED) is 0.680. The molecular weight excluding hydrogens is 384 g/mol. The molecule has 2 heterocycles. The smallest absolute Gasteiger partial charge is 0.266 e. The second-order valence-corrected chi connectivity index (χ2v) is 10.5. The number of aliphatic imine (C=N–C) groups is 1. The molecule has 0 amide bonds. The number of guanidine groups is 1. The van der Waals surface area contributed by atoms with Crippen LogP contribution in [0, 0.1) is 5.92 Å². The minimum atomic E-state index is -3.57. The van der Waals surface area contributed by atoms with Crippen LogP contribution < -0.4 is 0 Å². The molecule has 0 spiro atoms. The van der Waals surface area contributed by atoms with Crippen molar-refractivity contribution in [2.24, 2.45) is 10.9 Å². The molecule has 29 heavy (non-hydrogen) atoms. The summed E-state index contributed by atoms with van der Waals surface area (Å²) in [6.45, 7) is 14.4. The SMILES string of the molecule is CCC(C)CCN1CCN(C2=NCCN2S(=O)(=O)c2ccc(C(C)C)cc2)CC1. The summed E-state index contributed by atoms with van der Waals surface area (Å²) in [6, 6.07) is 7.29. The molecule has 1 unspecified atom stereocenters. The van der Waals surface area contributed by atoms with E-state index >= 15 is 0 Å². The van der Waals surface area contributed by atoms with E-state index in [1.807, 2.05) is 12.1 Å². The molecule has 6 nitrogen and oxygen atoms in total. The first-order valence-electron chi connectivity index (χ1n) is 11.0. The Labute approximate surface area is 176 Å². The average molecular weight is 421 g/mol. The van der Waals surface area contributed by atoms with E-state index in [1.165, 1.54) is 17.1 Å². The summed E-state index contributed by atoms with van der Waals surface area (Å²) >= 11 is 0. The van der Waals surface area contributed by atoms with Gasteiger partial charge in [0.1, 0.15) is 0 Å². The molecule has 0 radical (unpaired) electrons. The van der Waals surface area contributed by atoms with Gasteiger partial charge < -0.3 is 4.90 Å². The molecule has 1 aromatic carbocycles. The van der Waals surface area contributed by atoms with Crippen LogP contribution in [0.3, 0.4) is 0 Å². The van der Waals surface area contributed by atoms with Gasteiger partial charge in [0.05, 0.1) is 18.0 Å². The third-order valence-corrected chi connectivity index (χ3v) is 8.00. The Kier molecular flexibility index (Phi) is 7.22. The zero-order valence-electron chi connectivity index (χ0n) is 18.3. The summed E-state index contributed by atoms with van der Waals surface area (Å²) in [5.74, 6) is 1.77. The Hall–Kier alpha value is -1.60. The maximum atomic E-state index is 13.3. The molecule has 0 saturated carbocycles. The molecule has 0 aliphatic carbocycles. The maximum Gasteiger partial charge on any atom is 0.266 e. The molecule has 0 N–H and O–H groups in total. The third-order valence-electron chi connectivity index (χ3n) is 6.20. The van der Waals surface area contributed by atoms with E-state index in [-0.39, 0.29) is 0 Å². The molecule has 162 valence electrons. The number of hydrogen-bond acceptors (Lipinski definition) is 5. The lowest BCUT2D eigenvalue weighted by atomic mass is 10.0. The van der Waals surface area contributed by atoms with Gasteiger partial charge in [-0.05, 0) is 42.5 Å². The summed E-state index contributed by atoms with van der Waals surface area (Å²) < 4.78 is 28.0. The van der Waals surface area contributed by atoms with E-state index < -0.39 is 10.0 Å². The fraction of sp³-hybridized carbons (Fsp3) is 0.682. The van der Waals surface area contributed by atoms with Crippen LogP contribution in [0.25, 0.3) is 0 Å². The number of rotatable bonds is 7. The van der Waals surface area contributed by atoms with Crippen LogP contribution in [-0.4, -0.2) is 74.3 Å². The van der Waals surface area contributed by atoms with Crippen molar-refractivity contribution >= 4 is 16.0 Å². The van der Waals surface area contributed by atoms with Gasteiger partial charge in [-0.3, -0.25) is 9.89 Å². The third kappa shape index (κ3) is 5.12. The van der Waals surface area contributed by atoms with Crippen LogP contribution in [0.4, 0.5) is 0 Å². The van der Waals surface area contributed by atoms with Crippen LogP contribution in [0.1, 0.15) is 52.0 Å². The highest BCUT2D eigenvalue weighted by Crippen LogP contribution is 2.23. The zero-order valence-corrected chi connectivity index (χ0v) is 19.2. The summed E-state index contributed by atoms with van der Waals surface area (Å²) in [5.41, 5.74) is 1.15. The van der Waals surface area contributed by atoms with Crippen LogP contribution >= 0.6 is 0 Å². The molecular formula is C22H36N4O2S. The summed E-state index contributed by atoms with van der Waals surface area (Å²) in [7, 11) is -3.57. The van der Waals surface area contributed by atoms with E-state index in [0.717, 1.165) is 44.2 Å². The molecule has 0 aromatic heterocycles. The van der Waals surface area contributed by atoms with Gasteiger partial charge >= 0.3 is 0 Å². The molecule has 3 rings (SSSR count). The largest absolute Gasteiger partial charge is 0.339 e. The Morgan fingerprint density at radius 1 is 1.00 bits per heavy atom. The topological polar surface area (TPSA) is 56.2 Å². The minimum absolute atomic E-state index is 0.351. The zero-order chi connectivity index (χ0) is 21.0. The molecule has 0 bridgehead atoms. The van der Waals surface area contributed by atoms with Gasteiger partial charge in [0.2, 0.25) is 5.96 Å². The first-order chi connectivity index (χ1) is 13.8. The molecule has 1 aromatic rings. The number of nitrogens with zero attached hydrogens (tertiary/aromatic N) is 4. The highest BCUT2D eigenvalue weighted by Gasteiger charge is 2.34. The van der Waals surface area contributed by atoms with E-state index in [2.05, 4.69) is 42.5 Å². The molecule has 1 saturated heterocycles. The summed E-state index contributed by atoms with van der Waals surface area (Å²) in [6.07, 6.45) is 2.45. The number of hydrogen-bond donors (Lipinski definition) is 0. The highest BCUT2D eigenvalue weighted by atomic mass is 32.2. The van der Waals surface area contributed by atoms with Gasteiger partial charge in [0.15, 0.2) is 0 Å². The summed E-state index contributed by atoms with van der Waals surface area (Å²) in [4.78, 5) is 9.55. The van der Waals surface area contributed by atoms with E-state index in [1.54, 1.807) is 12.1 Å². The molecule has 7 heteroatoms. The number of benzene rings is 1. The first-order valence-corrected chi connectivity index (χ1v) is 12.4. The fourth-order valence-corrected chi connectivity index (χ4v) is 5.28. The lowest BCUT2D eigenvalue weighted by Crippen LogP contribution is -2.53. The van der Waals surface area contributed by atoms with Crippen molar-refractivity contribution in [2.45, 2.75) is 51.3 Å².